The van der Waals surface area contributed by atoms with Gasteiger partial charge >= 0.3 is 6.09 Å². The van der Waals surface area contributed by atoms with Crippen molar-refractivity contribution in [2.24, 2.45) is 10.9 Å². The van der Waals surface area contributed by atoms with Crippen LogP contribution in [0, 0.1) is 5.92 Å². The number of hydrogen-bond acceptors (Lipinski definition) is 3. The molecule has 23 heavy (non-hydrogen) atoms. The summed E-state index contributed by atoms with van der Waals surface area (Å²) in [5, 5.41) is 0. The molecular formula is C19H30N2O2. The Kier molecular flexibility index (Phi) is 6.03. The maximum Gasteiger partial charge on any atom is 0.410 e. The molecule has 4 heteroatoms. The molecule has 0 radical (unpaired) electrons. The standard InChI is InChI=1S/C19H30N2O2/c1-15-13-16(14-17-9-7-5-6-8-11-20-17)10-12-21(15)18(22)23-19(2,3)4/h5-6,8,11,15-16H,7,9-10,12-14H2,1-4H3/b6-5-,11-8-,20-17?. The van der Waals surface area contributed by atoms with Gasteiger partial charge < -0.3 is 9.64 Å². The summed E-state index contributed by atoms with van der Waals surface area (Å²) in [5.41, 5.74) is 0.856. The van der Waals surface area contributed by atoms with E-state index in [4.69, 9.17) is 4.74 Å². The van der Waals surface area contributed by atoms with Crippen LogP contribution in [0.3, 0.4) is 0 Å². The molecule has 0 aliphatic carbocycles. The number of amides is 1. The number of piperidine rings is 1. The van der Waals surface area contributed by atoms with Gasteiger partial charge in [0.25, 0.3) is 0 Å². The number of carbonyl (C=O) groups excluding carboxylic acids is 1. The van der Waals surface area contributed by atoms with Gasteiger partial charge in [0.15, 0.2) is 0 Å². The molecule has 0 bridgehead atoms. The van der Waals surface area contributed by atoms with Crippen LogP contribution < -0.4 is 0 Å². The van der Waals surface area contributed by atoms with E-state index in [1.807, 2.05) is 37.9 Å². The molecule has 1 fully saturated rings. The lowest BCUT2D eigenvalue weighted by atomic mass is 9.86. The lowest BCUT2D eigenvalue weighted by Gasteiger charge is -2.38. The smallest absolute Gasteiger partial charge is 0.410 e. The molecular weight excluding hydrogens is 288 g/mol. The van der Waals surface area contributed by atoms with Crippen molar-refractivity contribution in [2.45, 2.75) is 71.4 Å². The van der Waals surface area contributed by atoms with Crippen molar-refractivity contribution in [3.05, 3.63) is 24.4 Å². The van der Waals surface area contributed by atoms with Crippen LogP contribution in [0.1, 0.15) is 59.8 Å². The van der Waals surface area contributed by atoms with E-state index in [-0.39, 0.29) is 12.1 Å². The number of ether oxygens (including phenoxy) is 1. The largest absolute Gasteiger partial charge is 0.444 e. The zero-order chi connectivity index (χ0) is 16.9. The molecule has 4 nitrogen and oxygen atoms in total. The summed E-state index contributed by atoms with van der Waals surface area (Å²) in [5.74, 6) is 0.610. The van der Waals surface area contributed by atoms with Gasteiger partial charge in [0.2, 0.25) is 0 Å². The van der Waals surface area contributed by atoms with Crippen LogP contribution in [0.4, 0.5) is 4.79 Å². The van der Waals surface area contributed by atoms with E-state index in [1.165, 1.54) is 5.71 Å². The molecule has 1 amide bonds. The van der Waals surface area contributed by atoms with Crippen LogP contribution in [0.15, 0.2) is 29.4 Å². The number of allylic oxidation sites excluding steroid dienone is 3. The molecule has 2 aliphatic rings. The first-order valence-electron chi connectivity index (χ1n) is 8.72. The molecule has 2 atom stereocenters. The quantitative estimate of drug-likeness (QED) is 0.739. The molecule has 2 aliphatic heterocycles. The highest BCUT2D eigenvalue weighted by Crippen LogP contribution is 2.28. The minimum absolute atomic E-state index is 0.181. The fourth-order valence-corrected chi connectivity index (χ4v) is 3.22. The summed E-state index contributed by atoms with van der Waals surface area (Å²) in [4.78, 5) is 18.7. The van der Waals surface area contributed by atoms with E-state index >= 15 is 0 Å². The minimum Gasteiger partial charge on any atom is -0.444 e. The normalized spacial score (nSPS) is 28.3. The Bertz CT molecular complexity index is 500. The lowest BCUT2D eigenvalue weighted by molar-refractivity contribution is 0.00750. The van der Waals surface area contributed by atoms with E-state index in [0.29, 0.717) is 5.92 Å². The van der Waals surface area contributed by atoms with Crippen LogP contribution in [0.2, 0.25) is 0 Å². The average molecular weight is 318 g/mol. The second kappa shape index (κ2) is 7.80. The molecule has 0 N–H and O–H groups in total. The number of carbonyl (C=O) groups is 1. The highest BCUT2D eigenvalue weighted by atomic mass is 16.6. The molecule has 0 spiro atoms. The van der Waals surface area contributed by atoms with Crippen molar-refractivity contribution in [3.63, 3.8) is 0 Å². The second-order valence-electron chi connectivity index (χ2n) is 7.62. The Morgan fingerprint density at radius 2 is 2.17 bits per heavy atom. The molecule has 2 unspecified atom stereocenters. The van der Waals surface area contributed by atoms with Crippen molar-refractivity contribution in [1.82, 2.24) is 4.90 Å². The number of nitrogens with zero attached hydrogens (tertiary/aromatic N) is 2. The first kappa shape index (κ1) is 17.8. The molecule has 0 aromatic heterocycles. The van der Waals surface area contributed by atoms with Crippen LogP contribution in [-0.4, -0.2) is 34.9 Å². The van der Waals surface area contributed by atoms with E-state index < -0.39 is 5.60 Å². The molecule has 1 saturated heterocycles. The van der Waals surface area contributed by atoms with Crippen molar-refractivity contribution in [1.29, 1.82) is 0 Å². The van der Waals surface area contributed by atoms with E-state index in [1.54, 1.807) is 0 Å². The minimum atomic E-state index is -0.429. The van der Waals surface area contributed by atoms with Gasteiger partial charge in [-0.2, -0.15) is 0 Å². The molecule has 2 rings (SSSR count). The summed E-state index contributed by atoms with van der Waals surface area (Å²) in [6.07, 6.45) is 13.2. The summed E-state index contributed by atoms with van der Waals surface area (Å²) in [7, 11) is 0. The van der Waals surface area contributed by atoms with Gasteiger partial charge in [-0.15, -0.1) is 0 Å². The first-order chi connectivity index (χ1) is 10.8. The van der Waals surface area contributed by atoms with Gasteiger partial charge in [-0.05, 0) is 71.8 Å². The van der Waals surface area contributed by atoms with Gasteiger partial charge in [-0.1, -0.05) is 12.2 Å². The van der Waals surface area contributed by atoms with Gasteiger partial charge in [0, 0.05) is 24.5 Å². The fourth-order valence-electron chi connectivity index (χ4n) is 3.22. The number of hydrogen-bond donors (Lipinski definition) is 0. The van der Waals surface area contributed by atoms with Gasteiger partial charge in [0.1, 0.15) is 5.60 Å². The Morgan fingerprint density at radius 1 is 1.39 bits per heavy atom. The topological polar surface area (TPSA) is 41.9 Å². The molecule has 128 valence electrons. The Hall–Kier alpha value is -1.58. The summed E-state index contributed by atoms with van der Waals surface area (Å²) < 4.78 is 5.51. The molecule has 0 saturated carbocycles. The van der Waals surface area contributed by atoms with Crippen LogP contribution in [0.25, 0.3) is 0 Å². The van der Waals surface area contributed by atoms with Crippen molar-refractivity contribution in [3.8, 4) is 0 Å². The molecule has 2 heterocycles. The predicted octanol–water partition coefficient (Wildman–Crippen LogP) is 4.72. The number of rotatable bonds is 2. The summed E-state index contributed by atoms with van der Waals surface area (Å²) in [6, 6.07) is 0.230. The third kappa shape index (κ3) is 5.85. The van der Waals surface area contributed by atoms with Crippen LogP contribution in [0.5, 0.6) is 0 Å². The highest BCUT2D eigenvalue weighted by molar-refractivity contribution is 5.85. The van der Waals surface area contributed by atoms with E-state index in [2.05, 4.69) is 24.1 Å². The van der Waals surface area contributed by atoms with E-state index in [9.17, 15) is 4.79 Å². The SMILES string of the molecule is CC1CC(CC2=N/C=C\C=C/CC2)CCN1C(=O)OC(C)(C)C. The Balaban J connectivity index is 1.87. The second-order valence-corrected chi connectivity index (χ2v) is 7.62. The maximum atomic E-state index is 12.3. The zero-order valence-electron chi connectivity index (χ0n) is 14.9. The number of aliphatic imine (C=N–C) groups is 1. The maximum absolute atomic E-state index is 12.3. The van der Waals surface area contributed by atoms with Crippen LogP contribution in [-0.2, 0) is 4.74 Å². The Morgan fingerprint density at radius 3 is 2.87 bits per heavy atom. The van der Waals surface area contributed by atoms with Crippen molar-refractivity contribution < 1.29 is 9.53 Å². The van der Waals surface area contributed by atoms with Crippen LogP contribution >= 0.6 is 0 Å². The average Bonchev–Trinajstić information content (AvgIpc) is 2.39. The molecule has 0 aromatic carbocycles. The monoisotopic (exact) mass is 318 g/mol. The first-order valence-corrected chi connectivity index (χ1v) is 8.72. The van der Waals surface area contributed by atoms with Gasteiger partial charge in [-0.25, -0.2) is 4.79 Å². The molecule has 0 aromatic rings. The fraction of sp³-hybridized carbons (Fsp3) is 0.684. The van der Waals surface area contributed by atoms with Gasteiger partial charge in [-0.3, -0.25) is 4.99 Å². The third-order valence-electron chi connectivity index (χ3n) is 4.33. The number of likely N-dealkylation sites (tertiary alicyclic amines) is 1. The lowest BCUT2D eigenvalue weighted by Crippen LogP contribution is -2.47. The van der Waals surface area contributed by atoms with Gasteiger partial charge in [0.05, 0.1) is 0 Å². The van der Waals surface area contributed by atoms with Crippen molar-refractivity contribution >= 4 is 11.8 Å². The summed E-state index contributed by atoms with van der Waals surface area (Å²) in [6.45, 7) is 8.65. The highest BCUT2D eigenvalue weighted by Gasteiger charge is 2.32. The zero-order valence-corrected chi connectivity index (χ0v) is 14.9. The van der Waals surface area contributed by atoms with E-state index in [0.717, 1.165) is 38.6 Å². The van der Waals surface area contributed by atoms with Crippen molar-refractivity contribution in [2.75, 3.05) is 6.54 Å². The summed E-state index contributed by atoms with van der Waals surface area (Å²) >= 11 is 0. The third-order valence-corrected chi connectivity index (χ3v) is 4.33. The predicted molar refractivity (Wildman–Crippen MR) is 94.7 cm³/mol. The Labute approximate surface area is 140 Å².